The van der Waals surface area contributed by atoms with E-state index in [1.165, 1.54) is 18.2 Å². The minimum absolute atomic E-state index is 0.0653. The first-order valence-electron chi connectivity index (χ1n) is 15.9. The Balaban J connectivity index is 0.000000785. The van der Waals surface area contributed by atoms with Crippen molar-refractivity contribution in [1.82, 2.24) is 9.21 Å². The molecule has 52 heavy (non-hydrogen) atoms. The van der Waals surface area contributed by atoms with Gasteiger partial charge in [0.1, 0.15) is 12.3 Å². The van der Waals surface area contributed by atoms with Gasteiger partial charge in [0.05, 0.1) is 11.0 Å². The van der Waals surface area contributed by atoms with Crippen LogP contribution in [0.4, 0.5) is 35.1 Å². The van der Waals surface area contributed by atoms with Crippen LogP contribution < -0.4 is 10.5 Å². The summed E-state index contributed by atoms with van der Waals surface area (Å²) < 4.78 is 141. The molecule has 0 spiro atoms. The molecule has 0 unspecified atom stereocenters. The third kappa shape index (κ3) is 10.3. The van der Waals surface area contributed by atoms with Crippen LogP contribution in [0.5, 0.6) is 5.75 Å². The summed E-state index contributed by atoms with van der Waals surface area (Å²) in [5.74, 6) is -7.98. The fourth-order valence-electron chi connectivity index (χ4n) is 5.84. The summed E-state index contributed by atoms with van der Waals surface area (Å²) in [6, 6.07) is 9.43. The SMILES string of the molecule is NC1CCN(C(=O)[C@H](N(CC(F)(F)F)S(=O)(=O)c2ccc3cc(OC4CCCC4)ccc3c2)C(F)(F)c2ccc(Br)cc2)CC1.O=C(O)C(F)(F)F. The minimum Gasteiger partial charge on any atom is -0.490 e. The Labute approximate surface area is 301 Å². The van der Waals surface area contributed by atoms with Crippen LogP contribution in [-0.4, -0.2) is 84.8 Å². The average Bonchev–Trinajstić information content (AvgIpc) is 3.57. The molecular formula is C33H34BrF8N3O6S. The van der Waals surface area contributed by atoms with E-state index in [4.69, 9.17) is 20.4 Å². The van der Waals surface area contributed by atoms with Crippen LogP contribution >= 0.6 is 15.9 Å². The molecule has 0 radical (unpaired) electrons. The molecule has 1 saturated carbocycles. The number of carbonyl (C=O) groups is 2. The van der Waals surface area contributed by atoms with Gasteiger partial charge in [-0.05, 0) is 85.7 Å². The highest BCUT2D eigenvalue weighted by Crippen LogP contribution is 2.41. The maximum atomic E-state index is 16.4. The molecule has 3 aromatic carbocycles. The summed E-state index contributed by atoms with van der Waals surface area (Å²) >= 11 is 3.13. The van der Waals surface area contributed by atoms with Gasteiger partial charge < -0.3 is 20.5 Å². The number of likely N-dealkylation sites (tertiary alicyclic amines) is 1. The number of piperidine rings is 1. The van der Waals surface area contributed by atoms with E-state index in [1.54, 1.807) is 18.2 Å². The number of alkyl halides is 8. The number of sulfonamides is 1. The number of nitrogens with zero attached hydrogens (tertiary/aromatic N) is 2. The van der Waals surface area contributed by atoms with Crippen molar-refractivity contribution < 1.29 is 63.0 Å². The molecule has 1 heterocycles. The van der Waals surface area contributed by atoms with Gasteiger partial charge in [0, 0.05) is 29.2 Å². The Kier molecular flexibility index (Phi) is 12.9. The topological polar surface area (TPSA) is 130 Å². The number of amides is 1. The van der Waals surface area contributed by atoms with Crippen molar-refractivity contribution in [2.75, 3.05) is 19.6 Å². The molecule has 1 aliphatic carbocycles. The van der Waals surface area contributed by atoms with Crippen molar-refractivity contribution in [2.45, 2.75) is 79.9 Å². The average molecular weight is 833 g/mol. The van der Waals surface area contributed by atoms with Gasteiger partial charge in [0.2, 0.25) is 15.9 Å². The Bertz CT molecular complexity index is 1830. The number of nitrogens with two attached hydrogens (primary N) is 1. The lowest BCUT2D eigenvalue weighted by molar-refractivity contribution is -0.192. The van der Waals surface area contributed by atoms with E-state index in [1.807, 2.05) is 0 Å². The van der Waals surface area contributed by atoms with Crippen LogP contribution in [0.1, 0.15) is 44.1 Å². The number of rotatable bonds is 9. The molecule has 1 aliphatic heterocycles. The second-order valence-corrected chi connectivity index (χ2v) is 15.2. The number of fused-ring (bicyclic) bond motifs is 1. The fourth-order valence-corrected chi connectivity index (χ4v) is 7.71. The lowest BCUT2D eigenvalue weighted by Gasteiger charge is -2.40. The molecule has 0 aromatic heterocycles. The standard InChI is InChI=1S/C31H33BrF5N3O4S.C2HF3O2/c32-23-9-7-22(8-10-23)31(36,37)28(29(41)39-15-13-24(38)14-16-39)40(19-30(33,34)35)45(42,43)27-12-6-20-17-26(11-5-21(20)18-27)44-25-3-1-2-4-25;3-2(4,5)1(6)7/h5-12,17-18,24-25,28H,1-4,13-16,19,38H2;(H,6,7)/t28-;/m0./s1. The van der Waals surface area contributed by atoms with E-state index >= 15 is 8.78 Å². The zero-order chi connectivity index (χ0) is 38.6. The number of carboxylic acids is 1. The fraction of sp³-hybridized carbons (Fsp3) is 0.455. The molecule has 2 fully saturated rings. The summed E-state index contributed by atoms with van der Waals surface area (Å²) in [5, 5.41) is 8.01. The highest BCUT2D eigenvalue weighted by atomic mass is 79.9. The third-order valence-corrected chi connectivity index (χ3v) is 10.9. The van der Waals surface area contributed by atoms with Crippen molar-refractivity contribution in [3.05, 3.63) is 70.7 Å². The highest BCUT2D eigenvalue weighted by molar-refractivity contribution is 9.10. The molecular weight excluding hydrogens is 798 g/mol. The molecule has 286 valence electrons. The van der Waals surface area contributed by atoms with E-state index < -0.39 is 67.5 Å². The van der Waals surface area contributed by atoms with Gasteiger partial charge >= 0.3 is 18.3 Å². The highest BCUT2D eigenvalue weighted by Gasteiger charge is 2.57. The number of benzene rings is 3. The third-order valence-electron chi connectivity index (χ3n) is 8.52. The maximum Gasteiger partial charge on any atom is 0.490 e. The predicted octanol–water partition coefficient (Wildman–Crippen LogP) is 7.22. The second kappa shape index (κ2) is 16.2. The largest absolute Gasteiger partial charge is 0.490 e. The molecule has 3 N–H and O–H groups in total. The summed E-state index contributed by atoms with van der Waals surface area (Å²) in [5.41, 5.74) is 5.08. The van der Waals surface area contributed by atoms with Crippen molar-refractivity contribution in [1.29, 1.82) is 0 Å². The molecule has 1 atom stereocenters. The van der Waals surface area contributed by atoms with Gasteiger partial charge in [-0.15, -0.1) is 0 Å². The smallest absolute Gasteiger partial charge is 0.490 e. The number of halogens is 9. The van der Waals surface area contributed by atoms with Crippen LogP contribution in [0.15, 0.2) is 70.0 Å². The van der Waals surface area contributed by atoms with Crippen LogP contribution in [0.25, 0.3) is 10.8 Å². The summed E-state index contributed by atoms with van der Waals surface area (Å²) in [7, 11) is -5.33. The number of hydrogen-bond acceptors (Lipinski definition) is 6. The van der Waals surface area contributed by atoms with Gasteiger partial charge in [-0.25, -0.2) is 13.2 Å². The van der Waals surface area contributed by atoms with Gasteiger partial charge in [-0.3, -0.25) is 4.79 Å². The predicted molar refractivity (Wildman–Crippen MR) is 176 cm³/mol. The lowest BCUT2D eigenvalue weighted by atomic mass is 9.98. The number of aliphatic carboxylic acids is 1. The molecule has 3 aromatic rings. The van der Waals surface area contributed by atoms with Crippen molar-refractivity contribution in [2.24, 2.45) is 5.73 Å². The number of carbonyl (C=O) groups excluding carboxylic acids is 1. The van der Waals surface area contributed by atoms with Crippen molar-refractivity contribution in [3.8, 4) is 5.75 Å². The lowest BCUT2D eigenvalue weighted by Crippen LogP contribution is -2.60. The Morgan fingerprint density at radius 2 is 1.42 bits per heavy atom. The van der Waals surface area contributed by atoms with Crippen LogP contribution in [-0.2, 0) is 25.5 Å². The van der Waals surface area contributed by atoms with E-state index in [9.17, 15) is 39.6 Å². The molecule has 0 bridgehead atoms. The maximum absolute atomic E-state index is 16.4. The first kappa shape index (κ1) is 41.2. The number of hydrogen-bond donors (Lipinski definition) is 2. The van der Waals surface area contributed by atoms with Gasteiger partial charge in [-0.1, -0.05) is 40.2 Å². The van der Waals surface area contributed by atoms with E-state index in [-0.39, 0.29) is 38.1 Å². The van der Waals surface area contributed by atoms with E-state index in [2.05, 4.69) is 15.9 Å². The minimum atomic E-state index is -5.33. The first-order chi connectivity index (χ1) is 24.1. The van der Waals surface area contributed by atoms with Gasteiger partial charge in [-0.2, -0.15) is 39.4 Å². The zero-order valence-corrected chi connectivity index (χ0v) is 29.5. The van der Waals surface area contributed by atoms with E-state index in [0.29, 0.717) is 21.0 Å². The molecule has 1 amide bonds. The molecule has 1 saturated heterocycles. The van der Waals surface area contributed by atoms with Crippen LogP contribution in [0.3, 0.4) is 0 Å². The van der Waals surface area contributed by atoms with Gasteiger partial charge in [0.15, 0.2) is 6.04 Å². The number of ether oxygens (including phenoxy) is 1. The van der Waals surface area contributed by atoms with E-state index in [0.717, 1.165) is 54.8 Å². The monoisotopic (exact) mass is 831 g/mol. The summed E-state index contributed by atoms with van der Waals surface area (Å²) in [6.45, 7) is -2.51. The zero-order valence-electron chi connectivity index (χ0n) is 27.1. The summed E-state index contributed by atoms with van der Waals surface area (Å²) in [6.07, 6.45) is -5.87. The Morgan fingerprint density at radius 3 is 1.96 bits per heavy atom. The molecule has 5 rings (SSSR count). The normalized spacial score (nSPS) is 17.2. The summed E-state index contributed by atoms with van der Waals surface area (Å²) in [4.78, 5) is 23.0. The van der Waals surface area contributed by atoms with Crippen molar-refractivity contribution in [3.63, 3.8) is 0 Å². The first-order valence-corrected chi connectivity index (χ1v) is 18.1. The van der Waals surface area contributed by atoms with Crippen molar-refractivity contribution >= 4 is 48.6 Å². The quantitative estimate of drug-likeness (QED) is 0.218. The molecule has 9 nitrogen and oxygen atoms in total. The van der Waals surface area contributed by atoms with Crippen LogP contribution in [0.2, 0.25) is 0 Å². The molecule has 19 heteroatoms. The van der Waals surface area contributed by atoms with Crippen LogP contribution in [0, 0.1) is 0 Å². The molecule has 2 aliphatic rings. The Hall–Kier alpha value is -3.55. The second-order valence-electron chi connectivity index (χ2n) is 12.4. The Morgan fingerprint density at radius 1 is 0.885 bits per heavy atom. The number of carboxylic acid groups (broad SMARTS) is 1. The van der Waals surface area contributed by atoms with Gasteiger partial charge in [0.25, 0.3) is 5.92 Å².